The molecule has 7 heteroatoms. The van der Waals surface area contributed by atoms with Gasteiger partial charge >= 0.3 is 0 Å². The number of rotatable bonds is 6. The Morgan fingerprint density at radius 2 is 2.11 bits per heavy atom. The van der Waals surface area contributed by atoms with Gasteiger partial charge in [-0.1, -0.05) is 36.1 Å². The zero-order chi connectivity index (χ0) is 19.7. The summed E-state index contributed by atoms with van der Waals surface area (Å²) in [4.78, 5) is 18.2. The zero-order valence-electron chi connectivity index (χ0n) is 15.1. The number of halogens is 1. The van der Waals surface area contributed by atoms with Crippen LogP contribution in [0.4, 0.5) is 0 Å². The smallest absolute Gasteiger partial charge is 0.274 e. The van der Waals surface area contributed by atoms with Crippen LogP contribution < -0.4 is 19.6 Å². The Morgan fingerprint density at radius 3 is 2.89 bits per heavy atom. The summed E-state index contributed by atoms with van der Waals surface area (Å²) < 4.78 is 14.5. The van der Waals surface area contributed by atoms with Gasteiger partial charge in [0.25, 0.3) is 5.56 Å². The Hall–Kier alpha value is -2.64. The molecule has 0 aliphatic heterocycles. The van der Waals surface area contributed by atoms with Crippen molar-refractivity contribution in [3.05, 3.63) is 74.0 Å². The number of benzene rings is 2. The van der Waals surface area contributed by atoms with E-state index in [-0.39, 0.29) is 5.56 Å². The van der Waals surface area contributed by atoms with Gasteiger partial charge in [0.2, 0.25) is 0 Å². The minimum absolute atomic E-state index is 0.0743. The molecule has 0 spiro atoms. The number of para-hydroxylation sites is 2. The van der Waals surface area contributed by atoms with Crippen LogP contribution in [-0.4, -0.2) is 22.6 Å². The fraction of sp³-hybridized carbons (Fsp3) is 0.143. The molecule has 0 saturated heterocycles. The molecule has 0 atom stereocenters. The first-order chi connectivity index (χ1) is 13.6. The van der Waals surface area contributed by atoms with Crippen LogP contribution in [0, 0.1) is 0 Å². The molecule has 142 valence electrons. The molecule has 0 saturated carbocycles. The van der Waals surface area contributed by atoms with Gasteiger partial charge in [-0.15, -0.1) is 0 Å². The molecule has 2 heterocycles. The van der Waals surface area contributed by atoms with Crippen molar-refractivity contribution in [3.8, 4) is 11.5 Å². The van der Waals surface area contributed by atoms with E-state index in [1.165, 1.54) is 11.3 Å². The number of thiazole rings is 1. The van der Waals surface area contributed by atoms with Gasteiger partial charge in [-0.05, 0) is 58.8 Å². The third-order valence-electron chi connectivity index (χ3n) is 4.12. The number of ether oxygens (including phenoxy) is 2. The second-order valence-corrected chi connectivity index (χ2v) is 7.86. The molecule has 0 fully saturated rings. The van der Waals surface area contributed by atoms with Crippen molar-refractivity contribution < 1.29 is 9.47 Å². The Balaban J connectivity index is 1.85. The van der Waals surface area contributed by atoms with E-state index in [1.807, 2.05) is 49.4 Å². The van der Waals surface area contributed by atoms with E-state index in [0.717, 1.165) is 21.1 Å². The van der Waals surface area contributed by atoms with Crippen LogP contribution in [0.2, 0.25) is 0 Å². The second kappa shape index (κ2) is 7.77. The summed E-state index contributed by atoms with van der Waals surface area (Å²) in [5, 5.41) is 0. The highest BCUT2D eigenvalue weighted by Crippen LogP contribution is 2.37. The van der Waals surface area contributed by atoms with Gasteiger partial charge in [-0.25, -0.2) is 9.38 Å². The highest BCUT2D eigenvalue weighted by Gasteiger charge is 2.13. The molecule has 0 aliphatic rings. The Labute approximate surface area is 173 Å². The molecule has 2 aromatic heterocycles. The average Bonchev–Trinajstić information content (AvgIpc) is 3.18. The van der Waals surface area contributed by atoms with Crippen molar-refractivity contribution in [2.24, 2.45) is 0 Å². The highest BCUT2D eigenvalue weighted by atomic mass is 79.9. The molecular formula is C21H17BrN2O3S. The summed E-state index contributed by atoms with van der Waals surface area (Å²) in [6.07, 6.45) is 3.53. The molecule has 0 bridgehead atoms. The summed E-state index contributed by atoms with van der Waals surface area (Å²) in [6.45, 7) is 6.47. The fourth-order valence-corrected chi connectivity index (χ4v) is 4.54. The monoisotopic (exact) mass is 456 g/mol. The van der Waals surface area contributed by atoms with Crippen LogP contribution in [0.5, 0.6) is 11.5 Å². The first kappa shape index (κ1) is 18.7. The van der Waals surface area contributed by atoms with Crippen LogP contribution in [0.15, 0.2) is 58.3 Å². The summed E-state index contributed by atoms with van der Waals surface area (Å²) >= 11 is 4.91. The van der Waals surface area contributed by atoms with E-state index in [9.17, 15) is 4.79 Å². The summed E-state index contributed by atoms with van der Waals surface area (Å²) in [7, 11) is 0. The predicted octanol–water partition coefficient (Wildman–Crippen LogP) is 4.18. The highest BCUT2D eigenvalue weighted by molar-refractivity contribution is 9.10. The number of nitrogens with zero attached hydrogens (tertiary/aromatic N) is 2. The van der Waals surface area contributed by atoms with Crippen molar-refractivity contribution >= 4 is 49.3 Å². The number of aromatic nitrogens is 2. The van der Waals surface area contributed by atoms with Gasteiger partial charge in [0.15, 0.2) is 16.5 Å². The summed E-state index contributed by atoms with van der Waals surface area (Å²) in [5.74, 6) is 1.23. The molecule has 0 N–H and O–H groups in total. The standard InChI is InChI=1S/C21H17BrN2O3S/c1-3-9-27-19-14(22)10-13(11-17(19)26-4-2)12-18-20(25)24-16-8-6-5-7-15(16)23-21(24)28-18/h3,5-8,10-12H,1,4,9H2,2H3/b18-12-. The maximum absolute atomic E-state index is 12.9. The van der Waals surface area contributed by atoms with Gasteiger partial charge < -0.3 is 9.47 Å². The molecule has 2 aromatic carbocycles. The van der Waals surface area contributed by atoms with Crippen LogP contribution >= 0.6 is 27.3 Å². The van der Waals surface area contributed by atoms with Crippen molar-refractivity contribution in [2.45, 2.75) is 6.92 Å². The first-order valence-electron chi connectivity index (χ1n) is 8.74. The van der Waals surface area contributed by atoms with Crippen molar-refractivity contribution in [1.82, 2.24) is 9.38 Å². The van der Waals surface area contributed by atoms with Gasteiger partial charge in [-0.2, -0.15) is 0 Å². The Bertz CT molecular complexity index is 1290. The Morgan fingerprint density at radius 1 is 1.29 bits per heavy atom. The van der Waals surface area contributed by atoms with E-state index in [2.05, 4.69) is 27.5 Å². The van der Waals surface area contributed by atoms with Gasteiger partial charge in [0.05, 0.1) is 26.6 Å². The maximum atomic E-state index is 12.9. The zero-order valence-corrected chi connectivity index (χ0v) is 17.5. The Kier molecular flexibility index (Phi) is 5.19. The first-order valence-corrected chi connectivity index (χ1v) is 10.3. The largest absolute Gasteiger partial charge is 0.490 e. The molecule has 0 aliphatic carbocycles. The van der Waals surface area contributed by atoms with Gasteiger partial charge in [0, 0.05) is 0 Å². The van der Waals surface area contributed by atoms with E-state index < -0.39 is 0 Å². The van der Waals surface area contributed by atoms with Gasteiger partial charge in [0.1, 0.15) is 6.61 Å². The van der Waals surface area contributed by atoms with Crippen molar-refractivity contribution in [3.63, 3.8) is 0 Å². The molecule has 0 radical (unpaired) electrons. The molecule has 28 heavy (non-hydrogen) atoms. The number of hydrogen-bond donors (Lipinski definition) is 0. The molecular weight excluding hydrogens is 440 g/mol. The number of hydrogen-bond acceptors (Lipinski definition) is 5. The minimum atomic E-state index is -0.0743. The third-order valence-corrected chi connectivity index (χ3v) is 5.68. The number of imidazole rings is 1. The molecule has 0 amide bonds. The van der Waals surface area contributed by atoms with E-state index in [0.29, 0.717) is 34.2 Å². The predicted molar refractivity (Wildman–Crippen MR) is 117 cm³/mol. The quantitative estimate of drug-likeness (QED) is 0.408. The third kappa shape index (κ3) is 3.31. The lowest BCUT2D eigenvalue weighted by atomic mass is 10.2. The van der Waals surface area contributed by atoms with Gasteiger partial charge in [-0.3, -0.25) is 4.79 Å². The lowest BCUT2D eigenvalue weighted by Crippen LogP contribution is -2.22. The summed E-state index contributed by atoms with van der Waals surface area (Å²) in [5.41, 5.74) is 2.41. The van der Waals surface area contributed by atoms with Crippen molar-refractivity contribution in [1.29, 1.82) is 0 Å². The molecule has 4 aromatic rings. The SMILES string of the molecule is C=CCOc1c(Br)cc(/C=c2\sc3nc4ccccc4n3c2=O)cc1OCC. The summed E-state index contributed by atoms with van der Waals surface area (Å²) in [6, 6.07) is 11.4. The second-order valence-electron chi connectivity index (χ2n) is 6.00. The van der Waals surface area contributed by atoms with E-state index in [4.69, 9.17) is 9.47 Å². The van der Waals surface area contributed by atoms with E-state index in [1.54, 1.807) is 10.5 Å². The minimum Gasteiger partial charge on any atom is -0.490 e. The average molecular weight is 457 g/mol. The molecule has 5 nitrogen and oxygen atoms in total. The van der Waals surface area contributed by atoms with Crippen molar-refractivity contribution in [2.75, 3.05) is 13.2 Å². The lowest BCUT2D eigenvalue weighted by Gasteiger charge is -2.13. The topological polar surface area (TPSA) is 52.8 Å². The van der Waals surface area contributed by atoms with Crippen LogP contribution in [0.3, 0.4) is 0 Å². The molecule has 4 rings (SSSR count). The maximum Gasteiger partial charge on any atom is 0.274 e. The van der Waals surface area contributed by atoms with E-state index >= 15 is 0 Å². The lowest BCUT2D eigenvalue weighted by molar-refractivity contribution is 0.295. The fourth-order valence-electron chi connectivity index (χ4n) is 2.98. The van der Waals surface area contributed by atoms with Crippen LogP contribution in [0.25, 0.3) is 22.1 Å². The van der Waals surface area contributed by atoms with Crippen LogP contribution in [-0.2, 0) is 0 Å². The normalized spacial score (nSPS) is 12.0. The number of fused-ring (bicyclic) bond motifs is 3. The van der Waals surface area contributed by atoms with Crippen LogP contribution in [0.1, 0.15) is 12.5 Å². The molecule has 0 unspecified atom stereocenters.